The van der Waals surface area contributed by atoms with Crippen LogP contribution < -0.4 is 4.74 Å². The van der Waals surface area contributed by atoms with Crippen LogP contribution in [0.5, 0.6) is 5.75 Å². The first-order chi connectivity index (χ1) is 8.86. The van der Waals surface area contributed by atoms with E-state index in [-0.39, 0.29) is 0 Å². The van der Waals surface area contributed by atoms with E-state index < -0.39 is 0 Å². The molecule has 1 saturated carbocycles. The summed E-state index contributed by atoms with van der Waals surface area (Å²) in [6.07, 6.45) is 5.08. The Kier molecular flexibility index (Phi) is 3.00. The molecule has 1 aliphatic carbocycles. The predicted molar refractivity (Wildman–Crippen MR) is 69.6 cm³/mol. The molecule has 4 nitrogen and oxygen atoms in total. The van der Waals surface area contributed by atoms with Gasteiger partial charge in [-0.1, -0.05) is 12.8 Å². The molecule has 18 heavy (non-hydrogen) atoms. The standard InChI is InChI=1S/C14H17N3O/c1-18-12-8-6-11(7-9-12)14-15-13(16-17-14)10-4-2-3-5-10/h6-10H,2-5H2,1H3,(H,15,16,17). The van der Waals surface area contributed by atoms with Gasteiger partial charge in [-0.3, -0.25) is 5.10 Å². The first-order valence-electron chi connectivity index (χ1n) is 6.43. The molecule has 1 heterocycles. The van der Waals surface area contributed by atoms with E-state index in [9.17, 15) is 0 Å². The third-order valence-corrected chi connectivity index (χ3v) is 3.59. The number of hydrogen-bond acceptors (Lipinski definition) is 3. The number of ether oxygens (including phenoxy) is 1. The van der Waals surface area contributed by atoms with E-state index in [2.05, 4.69) is 15.2 Å². The summed E-state index contributed by atoms with van der Waals surface area (Å²) in [4.78, 5) is 4.61. The number of rotatable bonds is 3. The summed E-state index contributed by atoms with van der Waals surface area (Å²) in [6.45, 7) is 0. The molecule has 0 unspecified atom stereocenters. The lowest BCUT2D eigenvalue weighted by atomic mass is 10.1. The second kappa shape index (κ2) is 4.80. The van der Waals surface area contributed by atoms with Crippen molar-refractivity contribution in [3.05, 3.63) is 30.1 Å². The first kappa shape index (κ1) is 11.3. The average Bonchev–Trinajstić information content (AvgIpc) is 3.09. The maximum Gasteiger partial charge on any atom is 0.181 e. The maximum absolute atomic E-state index is 5.14. The molecule has 0 amide bonds. The van der Waals surface area contributed by atoms with E-state index in [1.54, 1.807) is 7.11 Å². The first-order valence-corrected chi connectivity index (χ1v) is 6.43. The number of aromatic nitrogens is 3. The summed E-state index contributed by atoms with van der Waals surface area (Å²) in [7, 11) is 1.67. The molecule has 0 saturated heterocycles. The topological polar surface area (TPSA) is 50.8 Å². The molecule has 1 aliphatic rings. The fourth-order valence-corrected chi connectivity index (χ4v) is 2.53. The molecule has 1 fully saturated rings. The lowest BCUT2D eigenvalue weighted by Crippen LogP contribution is -1.94. The minimum atomic E-state index is 0.574. The molecule has 1 N–H and O–H groups in total. The van der Waals surface area contributed by atoms with Crippen LogP contribution in [0.3, 0.4) is 0 Å². The Labute approximate surface area is 106 Å². The Balaban J connectivity index is 1.82. The molecular weight excluding hydrogens is 226 g/mol. The van der Waals surface area contributed by atoms with Gasteiger partial charge in [-0.2, -0.15) is 5.10 Å². The van der Waals surface area contributed by atoms with Crippen LogP contribution in [0.1, 0.15) is 37.4 Å². The molecule has 0 radical (unpaired) electrons. The molecule has 1 aromatic heterocycles. The van der Waals surface area contributed by atoms with Crippen molar-refractivity contribution in [2.75, 3.05) is 7.11 Å². The van der Waals surface area contributed by atoms with Crippen LogP contribution in [-0.4, -0.2) is 22.3 Å². The monoisotopic (exact) mass is 243 g/mol. The molecule has 0 spiro atoms. The number of nitrogens with one attached hydrogen (secondary N) is 1. The number of methoxy groups -OCH3 is 1. The molecule has 3 rings (SSSR count). The van der Waals surface area contributed by atoms with Gasteiger partial charge in [0.25, 0.3) is 0 Å². The smallest absolute Gasteiger partial charge is 0.181 e. The number of benzene rings is 1. The summed E-state index contributed by atoms with van der Waals surface area (Å²) in [5, 5.41) is 7.39. The van der Waals surface area contributed by atoms with Gasteiger partial charge in [-0.05, 0) is 37.1 Å². The highest BCUT2D eigenvalue weighted by Crippen LogP contribution is 2.32. The summed E-state index contributed by atoms with van der Waals surface area (Å²) in [6, 6.07) is 7.84. The molecule has 2 aromatic rings. The number of aromatic amines is 1. The Morgan fingerprint density at radius 1 is 1.17 bits per heavy atom. The largest absolute Gasteiger partial charge is 0.497 e. The Morgan fingerprint density at radius 2 is 1.89 bits per heavy atom. The fraction of sp³-hybridized carbons (Fsp3) is 0.429. The average molecular weight is 243 g/mol. The number of nitrogens with zero attached hydrogens (tertiary/aromatic N) is 2. The molecule has 0 bridgehead atoms. The molecule has 4 heteroatoms. The van der Waals surface area contributed by atoms with Gasteiger partial charge in [0.15, 0.2) is 5.82 Å². The van der Waals surface area contributed by atoms with Crippen molar-refractivity contribution < 1.29 is 4.74 Å². The summed E-state index contributed by atoms with van der Waals surface area (Å²) in [5.41, 5.74) is 1.02. The van der Waals surface area contributed by atoms with Gasteiger partial charge >= 0.3 is 0 Å². The van der Waals surface area contributed by atoms with Crippen molar-refractivity contribution in [3.8, 4) is 17.1 Å². The quantitative estimate of drug-likeness (QED) is 0.901. The van der Waals surface area contributed by atoms with Crippen LogP contribution in [0, 0.1) is 0 Å². The van der Waals surface area contributed by atoms with Crippen molar-refractivity contribution in [2.24, 2.45) is 0 Å². The van der Waals surface area contributed by atoms with E-state index in [1.165, 1.54) is 25.7 Å². The highest BCUT2D eigenvalue weighted by molar-refractivity contribution is 5.55. The lowest BCUT2D eigenvalue weighted by molar-refractivity contribution is 0.415. The minimum Gasteiger partial charge on any atom is -0.497 e. The van der Waals surface area contributed by atoms with Gasteiger partial charge in [-0.25, -0.2) is 4.98 Å². The Hall–Kier alpha value is -1.84. The second-order valence-corrected chi connectivity index (χ2v) is 4.75. The predicted octanol–water partition coefficient (Wildman–Crippen LogP) is 3.14. The van der Waals surface area contributed by atoms with E-state index in [0.29, 0.717) is 5.92 Å². The SMILES string of the molecule is COc1ccc(-c2n[nH]c(C3CCCC3)n2)cc1. The third-order valence-electron chi connectivity index (χ3n) is 3.59. The lowest BCUT2D eigenvalue weighted by Gasteiger charge is -2.02. The zero-order valence-electron chi connectivity index (χ0n) is 10.5. The van der Waals surface area contributed by atoms with Crippen molar-refractivity contribution >= 4 is 0 Å². The molecular formula is C14H17N3O. The van der Waals surface area contributed by atoms with Crippen LogP contribution in [0.2, 0.25) is 0 Å². The summed E-state index contributed by atoms with van der Waals surface area (Å²) >= 11 is 0. The molecule has 0 atom stereocenters. The van der Waals surface area contributed by atoms with Crippen molar-refractivity contribution in [1.29, 1.82) is 0 Å². The van der Waals surface area contributed by atoms with E-state index in [1.807, 2.05) is 24.3 Å². The van der Waals surface area contributed by atoms with Crippen LogP contribution in [-0.2, 0) is 0 Å². The third kappa shape index (κ3) is 2.10. The molecule has 1 aromatic carbocycles. The van der Waals surface area contributed by atoms with Crippen LogP contribution in [0.25, 0.3) is 11.4 Å². The minimum absolute atomic E-state index is 0.574. The van der Waals surface area contributed by atoms with Crippen molar-refractivity contribution in [2.45, 2.75) is 31.6 Å². The van der Waals surface area contributed by atoms with Gasteiger partial charge in [0.2, 0.25) is 0 Å². The zero-order valence-corrected chi connectivity index (χ0v) is 10.5. The van der Waals surface area contributed by atoms with Crippen molar-refractivity contribution in [3.63, 3.8) is 0 Å². The van der Waals surface area contributed by atoms with Gasteiger partial charge in [0.1, 0.15) is 11.6 Å². The Bertz CT molecular complexity index is 512. The van der Waals surface area contributed by atoms with Crippen LogP contribution >= 0.6 is 0 Å². The van der Waals surface area contributed by atoms with E-state index in [0.717, 1.165) is 23.0 Å². The second-order valence-electron chi connectivity index (χ2n) is 4.75. The summed E-state index contributed by atoms with van der Waals surface area (Å²) in [5.74, 6) is 3.24. The van der Waals surface area contributed by atoms with Crippen molar-refractivity contribution in [1.82, 2.24) is 15.2 Å². The van der Waals surface area contributed by atoms with Crippen LogP contribution in [0.4, 0.5) is 0 Å². The summed E-state index contributed by atoms with van der Waals surface area (Å²) < 4.78 is 5.14. The maximum atomic E-state index is 5.14. The van der Waals surface area contributed by atoms with Gasteiger partial charge < -0.3 is 4.74 Å². The molecule has 0 aliphatic heterocycles. The zero-order chi connectivity index (χ0) is 12.4. The Morgan fingerprint density at radius 3 is 2.56 bits per heavy atom. The van der Waals surface area contributed by atoms with E-state index >= 15 is 0 Å². The highest BCUT2D eigenvalue weighted by Gasteiger charge is 2.20. The fourth-order valence-electron chi connectivity index (χ4n) is 2.53. The van der Waals surface area contributed by atoms with Crippen LogP contribution in [0.15, 0.2) is 24.3 Å². The number of H-pyrrole nitrogens is 1. The van der Waals surface area contributed by atoms with Gasteiger partial charge in [-0.15, -0.1) is 0 Å². The normalized spacial score (nSPS) is 16.1. The number of hydrogen-bond donors (Lipinski definition) is 1. The highest BCUT2D eigenvalue weighted by atomic mass is 16.5. The van der Waals surface area contributed by atoms with E-state index in [4.69, 9.17) is 4.74 Å². The van der Waals surface area contributed by atoms with Gasteiger partial charge in [0, 0.05) is 11.5 Å². The molecule has 94 valence electrons. The van der Waals surface area contributed by atoms with Gasteiger partial charge in [0.05, 0.1) is 7.11 Å².